The number of hydrogen-bond donors (Lipinski definition) is 0. The van der Waals surface area contributed by atoms with Crippen LogP contribution in [0.3, 0.4) is 0 Å². The fraction of sp³-hybridized carbons (Fsp3) is 0.400. The number of para-hydroxylation sites is 1. The highest BCUT2D eigenvalue weighted by atomic mass is 79.9. The van der Waals surface area contributed by atoms with Gasteiger partial charge in [-0.1, -0.05) is 47.5 Å². The Bertz CT molecular complexity index is 441. The van der Waals surface area contributed by atoms with E-state index in [9.17, 15) is 4.79 Å². The number of ether oxygens (including phenoxy) is 2. The summed E-state index contributed by atoms with van der Waals surface area (Å²) in [6, 6.07) is 7.85. The van der Waals surface area contributed by atoms with Gasteiger partial charge in [-0.25, -0.2) is 4.79 Å². The van der Waals surface area contributed by atoms with Crippen LogP contribution >= 0.6 is 15.9 Å². The van der Waals surface area contributed by atoms with Crippen molar-refractivity contribution in [1.29, 1.82) is 0 Å². The highest BCUT2D eigenvalue weighted by molar-refractivity contribution is 9.09. The van der Waals surface area contributed by atoms with Crippen molar-refractivity contribution >= 4 is 21.9 Å². The van der Waals surface area contributed by atoms with Crippen molar-refractivity contribution in [3.05, 3.63) is 41.7 Å². The molecule has 0 atom stereocenters. The van der Waals surface area contributed by atoms with Gasteiger partial charge in [0.15, 0.2) is 0 Å². The summed E-state index contributed by atoms with van der Waals surface area (Å²) in [5.41, 5.74) is 1.14. The zero-order valence-electron chi connectivity index (χ0n) is 11.3. The number of carbonyl (C=O) groups excluding carboxylic acids is 1. The van der Waals surface area contributed by atoms with Crippen molar-refractivity contribution in [1.82, 2.24) is 0 Å². The van der Waals surface area contributed by atoms with Crippen LogP contribution in [0.5, 0.6) is 5.75 Å². The summed E-state index contributed by atoms with van der Waals surface area (Å²) in [5.74, 6) is 0.950. The molecule has 0 spiro atoms. The van der Waals surface area contributed by atoms with Crippen molar-refractivity contribution in [3.8, 4) is 5.75 Å². The molecule has 0 aliphatic rings. The first-order valence-corrected chi connectivity index (χ1v) is 7.52. The molecule has 1 aromatic rings. The Morgan fingerprint density at radius 1 is 1.32 bits per heavy atom. The highest BCUT2D eigenvalue weighted by Gasteiger charge is 2.07. The third-order valence-corrected chi connectivity index (χ3v) is 2.98. The molecule has 4 heteroatoms. The number of benzene rings is 1. The summed E-state index contributed by atoms with van der Waals surface area (Å²) >= 11 is 3.32. The molecule has 0 unspecified atom stereocenters. The molecule has 104 valence electrons. The number of allylic oxidation sites excluding steroid dienone is 1. The van der Waals surface area contributed by atoms with Crippen molar-refractivity contribution in [3.63, 3.8) is 0 Å². The lowest BCUT2D eigenvalue weighted by molar-refractivity contribution is -0.137. The third kappa shape index (κ3) is 5.47. The SMILES string of the molecule is CCCc1ccccc1O/C(=C/C(=O)OCC)CBr. The van der Waals surface area contributed by atoms with E-state index >= 15 is 0 Å². The van der Waals surface area contributed by atoms with Gasteiger partial charge in [0.25, 0.3) is 0 Å². The van der Waals surface area contributed by atoms with Gasteiger partial charge < -0.3 is 9.47 Å². The minimum atomic E-state index is -0.384. The smallest absolute Gasteiger partial charge is 0.334 e. The molecular formula is C15H19BrO3. The minimum absolute atomic E-state index is 0.358. The number of esters is 1. The van der Waals surface area contributed by atoms with Gasteiger partial charge in [0.1, 0.15) is 11.5 Å². The van der Waals surface area contributed by atoms with E-state index in [0.717, 1.165) is 24.2 Å². The Balaban J connectivity index is 2.83. The maximum absolute atomic E-state index is 11.4. The molecule has 0 aromatic heterocycles. The quantitative estimate of drug-likeness (QED) is 0.330. The van der Waals surface area contributed by atoms with Crippen LogP contribution in [0, 0.1) is 0 Å². The number of rotatable bonds is 7. The lowest BCUT2D eigenvalue weighted by Gasteiger charge is -2.11. The second kappa shape index (κ2) is 8.75. The van der Waals surface area contributed by atoms with Crippen LogP contribution in [0.1, 0.15) is 25.8 Å². The summed E-state index contributed by atoms with van der Waals surface area (Å²) in [6.07, 6.45) is 3.37. The first-order chi connectivity index (χ1) is 9.21. The van der Waals surface area contributed by atoms with E-state index in [-0.39, 0.29) is 5.97 Å². The van der Waals surface area contributed by atoms with Gasteiger partial charge in [0, 0.05) is 0 Å². The normalized spacial score (nSPS) is 11.2. The average molecular weight is 327 g/mol. The number of halogens is 1. The van der Waals surface area contributed by atoms with Crippen LogP contribution in [0.15, 0.2) is 36.1 Å². The summed E-state index contributed by atoms with van der Waals surface area (Å²) < 4.78 is 10.7. The van der Waals surface area contributed by atoms with E-state index in [2.05, 4.69) is 22.9 Å². The molecule has 0 aliphatic heterocycles. The number of hydrogen-bond acceptors (Lipinski definition) is 3. The molecule has 19 heavy (non-hydrogen) atoms. The Hall–Kier alpha value is -1.29. The van der Waals surface area contributed by atoms with Gasteiger partial charge in [-0.15, -0.1) is 0 Å². The van der Waals surface area contributed by atoms with Gasteiger partial charge in [0.05, 0.1) is 18.0 Å². The van der Waals surface area contributed by atoms with E-state index in [4.69, 9.17) is 9.47 Å². The summed E-state index contributed by atoms with van der Waals surface area (Å²) in [4.78, 5) is 11.4. The summed E-state index contributed by atoms with van der Waals surface area (Å²) in [5, 5.41) is 0.465. The molecule has 0 fully saturated rings. The summed E-state index contributed by atoms with van der Waals surface area (Å²) in [7, 11) is 0. The molecule has 0 radical (unpaired) electrons. The van der Waals surface area contributed by atoms with Crippen molar-refractivity contribution in [2.24, 2.45) is 0 Å². The van der Waals surface area contributed by atoms with Crippen LogP contribution in [-0.4, -0.2) is 17.9 Å². The van der Waals surface area contributed by atoms with Crippen molar-refractivity contribution < 1.29 is 14.3 Å². The van der Waals surface area contributed by atoms with Crippen LogP contribution in [0.25, 0.3) is 0 Å². The molecule has 1 aromatic carbocycles. The van der Waals surface area contributed by atoms with E-state index in [1.54, 1.807) is 6.92 Å². The maximum Gasteiger partial charge on any atom is 0.334 e. The van der Waals surface area contributed by atoms with Crippen molar-refractivity contribution in [2.45, 2.75) is 26.7 Å². The molecule has 1 rings (SSSR count). The second-order valence-electron chi connectivity index (χ2n) is 3.96. The minimum Gasteiger partial charge on any atom is -0.463 e. The predicted octanol–water partition coefficient (Wildman–Crippen LogP) is 3.86. The molecule has 0 aliphatic carbocycles. The van der Waals surface area contributed by atoms with Crippen LogP contribution in [0.2, 0.25) is 0 Å². The molecule has 0 saturated heterocycles. The summed E-state index contributed by atoms with van der Waals surface area (Å²) in [6.45, 7) is 4.25. The van der Waals surface area contributed by atoms with Gasteiger partial charge in [-0.2, -0.15) is 0 Å². The maximum atomic E-state index is 11.4. The lowest BCUT2D eigenvalue weighted by Crippen LogP contribution is -2.06. The Morgan fingerprint density at radius 3 is 2.68 bits per heavy atom. The molecule has 0 N–H and O–H groups in total. The predicted molar refractivity (Wildman–Crippen MR) is 79.6 cm³/mol. The zero-order chi connectivity index (χ0) is 14.1. The van der Waals surface area contributed by atoms with Gasteiger partial charge in [0.2, 0.25) is 0 Å². The lowest BCUT2D eigenvalue weighted by atomic mass is 10.1. The van der Waals surface area contributed by atoms with Gasteiger partial charge >= 0.3 is 5.97 Å². The number of alkyl halides is 1. The second-order valence-corrected chi connectivity index (χ2v) is 4.52. The third-order valence-electron chi connectivity index (χ3n) is 2.43. The van der Waals surface area contributed by atoms with E-state index in [1.807, 2.05) is 24.3 Å². The van der Waals surface area contributed by atoms with E-state index in [1.165, 1.54) is 6.08 Å². The van der Waals surface area contributed by atoms with Crippen LogP contribution in [-0.2, 0) is 16.0 Å². The Morgan fingerprint density at radius 2 is 2.05 bits per heavy atom. The molecular weight excluding hydrogens is 308 g/mol. The van der Waals surface area contributed by atoms with Crippen LogP contribution < -0.4 is 4.74 Å². The average Bonchev–Trinajstić information content (AvgIpc) is 2.40. The molecule has 0 bridgehead atoms. The molecule has 0 amide bonds. The monoisotopic (exact) mass is 326 g/mol. The zero-order valence-corrected chi connectivity index (χ0v) is 12.9. The number of carbonyl (C=O) groups is 1. The molecule has 0 heterocycles. The number of aryl methyl sites for hydroxylation is 1. The standard InChI is InChI=1S/C15H19BrO3/c1-3-7-12-8-5-6-9-14(12)19-13(11-16)10-15(17)18-4-2/h5-6,8-10H,3-4,7,11H2,1-2H3/b13-10+. The topological polar surface area (TPSA) is 35.5 Å². The largest absolute Gasteiger partial charge is 0.463 e. The van der Waals surface area contributed by atoms with Gasteiger partial charge in [-0.3, -0.25) is 0 Å². The van der Waals surface area contributed by atoms with E-state index < -0.39 is 0 Å². The van der Waals surface area contributed by atoms with Crippen molar-refractivity contribution in [2.75, 3.05) is 11.9 Å². The fourth-order valence-electron chi connectivity index (χ4n) is 1.63. The fourth-order valence-corrected chi connectivity index (χ4v) is 1.91. The first kappa shape index (κ1) is 15.8. The Labute approximate surface area is 122 Å². The molecule has 0 saturated carbocycles. The van der Waals surface area contributed by atoms with Gasteiger partial charge in [-0.05, 0) is 25.0 Å². The van der Waals surface area contributed by atoms with E-state index in [0.29, 0.717) is 17.7 Å². The highest BCUT2D eigenvalue weighted by Crippen LogP contribution is 2.22. The van der Waals surface area contributed by atoms with Crippen LogP contribution in [0.4, 0.5) is 0 Å². The first-order valence-electron chi connectivity index (χ1n) is 6.40. The molecule has 3 nitrogen and oxygen atoms in total. The Kier molecular flexibility index (Phi) is 7.26.